The number of rotatable bonds is 17. The summed E-state index contributed by atoms with van der Waals surface area (Å²) in [6.07, 6.45) is 13.1. The monoisotopic (exact) mass is 754 g/mol. The normalized spacial score (nSPS) is 16.3. The Morgan fingerprint density at radius 2 is 1.43 bits per heavy atom. The Kier molecular flexibility index (Phi) is 16.4. The minimum atomic E-state index is -0.839. The van der Waals surface area contributed by atoms with Gasteiger partial charge in [0.1, 0.15) is 17.3 Å². The Morgan fingerprint density at radius 3 is 2.00 bits per heavy atom. The van der Waals surface area contributed by atoms with Crippen LogP contribution in [0.25, 0.3) is 22.8 Å². The summed E-state index contributed by atoms with van der Waals surface area (Å²) in [6, 6.07) is 14.1. The molecular formula is C37H53FN5O3Sn. The zero-order chi connectivity index (χ0) is 33.3. The van der Waals surface area contributed by atoms with E-state index in [2.05, 4.69) is 46.4 Å². The van der Waals surface area contributed by atoms with Crippen molar-refractivity contribution < 1.29 is 18.3 Å². The van der Waals surface area contributed by atoms with Crippen molar-refractivity contribution in [2.75, 3.05) is 0 Å². The van der Waals surface area contributed by atoms with E-state index in [1.54, 1.807) is 25.4 Å². The van der Waals surface area contributed by atoms with E-state index in [0.717, 1.165) is 48.1 Å². The summed E-state index contributed by atoms with van der Waals surface area (Å²) < 4.78 is 36.3. The Bertz CT molecular complexity index is 1380. The molecule has 1 fully saturated rings. The molecule has 47 heavy (non-hydrogen) atoms. The molecule has 2 aromatic carbocycles. The molecule has 2 aromatic heterocycles. The zero-order valence-corrected chi connectivity index (χ0v) is 31.6. The van der Waals surface area contributed by atoms with Crippen molar-refractivity contribution in [2.45, 2.75) is 131 Å². The summed E-state index contributed by atoms with van der Waals surface area (Å²) in [7, 11) is 0. The van der Waals surface area contributed by atoms with Crippen LogP contribution in [0.15, 0.2) is 52.9 Å². The molecule has 0 unspecified atom stereocenters. The summed E-state index contributed by atoms with van der Waals surface area (Å²) in [5.41, 5.74) is 3.52. The summed E-state index contributed by atoms with van der Waals surface area (Å²) in [5.74, 6) is 1.48. The van der Waals surface area contributed by atoms with E-state index in [-0.39, 0.29) is 18.0 Å². The van der Waals surface area contributed by atoms with Crippen molar-refractivity contribution in [3.63, 3.8) is 0 Å². The van der Waals surface area contributed by atoms with Crippen molar-refractivity contribution in [1.82, 2.24) is 25.6 Å². The Hall–Kier alpha value is -2.63. The molecule has 0 amide bonds. The van der Waals surface area contributed by atoms with Gasteiger partial charge in [-0.3, -0.25) is 0 Å². The van der Waals surface area contributed by atoms with E-state index >= 15 is 0 Å². The maximum atomic E-state index is 13.2. The molecule has 0 spiro atoms. The van der Waals surface area contributed by atoms with Gasteiger partial charge in [0.25, 0.3) is 0 Å². The van der Waals surface area contributed by atoms with Crippen LogP contribution in [-0.2, 0) is 22.7 Å². The van der Waals surface area contributed by atoms with Gasteiger partial charge in [0, 0.05) is 11.1 Å². The number of oxazole rings is 1. The SMILES string of the molecule is CCC[CH2][Sn]([CH2]CCC)[CH2]CCC.Cc1oc(-c2ccc(F)cc2)nc1CO[C@@H]1CCC[C@H](OCc2ccc(-c3nn[nH]n3)cc2)C1. The van der Waals surface area contributed by atoms with Crippen LogP contribution >= 0.6 is 0 Å². The van der Waals surface area contributed by atoms with Crippen LogP contribution in [0.3, 0.4) is 0 Å². The van der Waals surface area contributed by atoms with Gasteiger partial charge in [-0.25, -0.2) is 9.37 Å². The topological polar surface area (TPSA) is 99.0 Å². The van der Waals surface area contributed by atoms with Crippen LogP contribution < -0.4 is 0 Å². The third-order valence-corrected chi connectivity index (χ3v) is 17.8. The van der Waals surface area contributed by atoms with Gasteiger partial charge >= 0.3 is 92.4 Å². The fourth-order valence-electron chi connectivity index (χ4n) is 5.78. The van der Waals surface area contributed by atoms with Crippen LogP contribution in [0.5, 0.6) is 0 Å². The average Bonchev–Trinajstić information content (AvgIpc) is 3.77. The minimum Gasteiger partial charge on any atom is -0.441 e. The fraction of sp³-hybridized carbons (Fsp3) is 0.568. The first-order valence-corrected chi connectivity index (χ1v) is 23.7. The molecule has 0 aliphatic heterocycles. The largest absolute Gasteiger partial charge is 0.441 e. The van der Waals surface area contributed by atoms with Crippen LogP contribution in [0.2, 0.25) is 13.3 Å². The number of nitrogens with one attached hydrogen (secondary N) is 1. The van der Waals surface area contributed by atoms with Crippen LogP contribution in [-0.4, -0.2) is 57.6 Å². The van der Waals surface area contributed by atoms with Gasteiger partial charge in [-0.05, 0) is 67.6 Å². The summed E-state index contributed by atoms with van der Waals surface area (Å²) in [5, 5.41) is 14.0. The van der Waals surface area contributed by atoms with E-state index in [1.807, 2.05) is 31.2 Å². The Morgan fingerprint density at radius 1 is 0.830 bits per heavy atom. The second-order valence-corrected chi connectivity index (χ2v) is 21.1. The molecule has 1 radical (unpaired) electrons. The van der Waals surface area contributed by atoms with E-state index < -0.39 is 19.8 Å². The summed E-state index contributed by atoms with van der Waals surface area (Å²) in [4.78, 5) is 4.55. The third-order valence-electron chi connectivity index (χ3n) is 8.71. The first-order valence-electron chi connectivity index (χ1n) is 17.6. The number of aromatic nitrogens is 5. The van der Waals surface area contributed by atoms with Gasteiger partial charge in [0.15, 0.2) is 0 Å². The second kappa shape index (κ2) is 20.7. The molecule has 4 aromatic rings. The Balaban J connectivity index is 0.000000328. The molecule has 1 aliphatic carbocycles. The molecule has 2 atom stereocenters. The molecule has 1 N–H and O–H groups in total. The number of aryl methyl sites for hydroxylation is 1. The van der Waals surface area contributed by atoms with Crippen LogP contribution in [0, 0.1) is 12.7 Å². The molecule has 8 nitrogen and oxygen atoms in total. The number of H-pyrrole nitrogens is 1. The van der Waals surface area contributed by atoms with Crippen molar-refractivity contribution in [1.29, 1.82) is 0 Å². The van der Waals surface area contributed by atoms with Gasteiger partial charge in [0.2, 0.25) is 11.7 Å². The number of aromatic amines is 1. The van der Waals surface area contributed by atoms with E-state index in [1.165, 1.54) is 50.7 Å². The van der Waals surface area contributed by atoms with Crippen molar-refractivity contribution in [3.05, 3.63) is 71.4 Å². The number of hydrogen-bond acceptors (Lipinski definition) is 7. The first kappa shape index (κ1) is 37.2. The zero-order valence-electron chi connectivity index (χ0n) is 28.8. The second-order valence-electron chi connectivity index (χ2n) is 12.6. The third kappa shape index (κ3) is 12.7. The van der Waals surface area contributed by atoms with Gasteiger partial charge in [0.05, 0.1) is 25.4 Å². The molecule has 5 rings (SSSR count). The van der Waals surface area contributed by atoms with Gasteiger partial charge in [-0.2, -0.15) is 5.21 Å². The molecule has 1 saturated carbocycles. The smallest absolute Gasteiger partial charge is 0.226 e. The predicted octanol–water partition coefficient (Wildman–Crippen LogP) is 9.90. The van der Waals surface area contributed by atoms with Crippen molar-refractivity contribution in [3.8, 4) is 22.8 Å². The number of unbranched alkanes of at least 4 members (excludes halogenated alkanes) is 3. The average molecular weight is 754 g/mol. The standard InChI is InChI=1S/C25H26FN5O3.3C4H9.Sn/c1-16-23(27-25(34-16)19-9-11-20(26)12-10-19)15-33-22-4-2-3-21(13-22)32-14-17-5-7-18(8-6-17)24-28-30-31-29-24;3*1-3-4-2;/h5-12,21-22H,2-4,13-15H2,1H3,(H,28,29,30,31);3*1,3-4H2,2H3;/t21-,22+;;;;/m0..../s1. The molecule has 10 heteroatoms. The number of ether oxygens (including phenoxy) is 2. The quantitative estimate of drug-likeness (QED) is 0.107. The number of benzene rings is 2. The van der Waals surface area contributed by atoms with Crippen LogP contribution in [0.4, 0.5) is 4.39 Å². The number of tetrazole rings is 1. The van der Waals surface area contributed by atoms with Gasteiger partial charge in [-0.15, -0.1) is 10.2 Å². The molecule has 1 aliphatic rings. The molecular weight excluding hydrogens is 700 g/mol. The van der Waals surface area contributed by atoms with Crippen molar-refractivity contribution >= 4 is 19.8 Å². The van der Waals surface area contributed by atoms with E-state index in [9.17, 15) is 4.39 Å². The van der Waals surface area contributed by atoms with Gasteiger partial charge in [-0.1, -0.05) is 24.3 Å². The molecule has 0 saturated heterocycles. The van der Waals surface area contributed by atoms with E-state index in [4.69, 9.17) is 13.9 Å². The molecule has 2 heterocycles. The summed E-state index contributed by atoms with van der Waals surface area (Å²) in [6.45, 7) is 9.80. The summed E-state index contributed by atoms with van der Waals surface area (Å²) >= 11 is -0.839. The van der Waals surface area contributed by atoms with Crippen molar-refractivity contribution in [2.24, 2.45) is 0 Å². The fourth-order valence-corrected chi connectivity index (χ4v) is 15.2. The number of hydrogen-bond donors (Lipinski definition) is 1. The maximum Gasteiger partial charge on any atom is 0.226 e. The predicted molar refractivity (Wildman–Crippen MR) is 187 cm³/mol. The first-order chi connectivity index (χ1) is 23.0. The van der Waals surface area contributed by atoms with Crippen LogP contribution in [0.1, 0.15) is 102 Å². The van der Waals surface area contributed by atoms with Gasteiger partial charge < -0.3 is 13.9 Å². The van der Waals surface area contributed by atoms with E-state index in [0.29, 0.717) is 30.7 Å². The number of nitrogens with zero attached hydrogens (tertiary/aromatic N) is 4. The maximum absolute atomic E-state index is 13.2. The minimum absolute atomic E-state index is 0.115. The Labute approximate surface area is 287 Å². The molecule has 0 bridgehead atoms. The number of halogens is 1. The molecule has 255 valence electrons.